The van der Waals surface area contributed by atoms with Crippen molar-refractivity contribution in [1.29, 1.82) is 0 Å². The maximum absolute atomic E-state index is 12.2. The highest BCUT2D eigenvalue weighted by Crippen LogP contribution is 2.29. The van der Waals surface area contributed by atoms with Gasteiger partial charge in [0.15, 0.2) is 5.82 Å². The number of benzene rings is 1. The number of nitrogens with zero attached hydrogens (tertiary/aromatic N) is 2. The van der Waals surface area contributed by atoms with Crippen LogP contribution in [0.1, 0.15) is 0 Å². The van der Waals surface area contributed by atoms with Crippen molar-refractivity contribution in [2.45, 2.75) is 6.36 Å². The number of fused-ring (bicyclic) bond motifs is 1. The zero-order valence-electron chi connectivity index (χ0n) is 11.3. The number of nitrogens with one attached hydrogen (secondary N) is 1. The number of hydrogen-bond donors (Lipinski definition) is 1. The van der Waals surface area contributed by atoms with Crippen molar-refractivity contribution in [3.05, 3.63) is 36.5 Å². The van der Waals surface area contributed by atoms with E-state index in [0.29, 0.717) is 28.3 Å². The van der Waals surface area contributed by atoms with Crippen LogP contribution in [-0.4, -0.2) is 28.4 Å². The Kier molecular flexibility index (Phi) is 3.36. The van der Waals surface area contributed by atoms with Crippen LogP contribution >= 0.6 is 0 Å². The molecule has 0 spiro atoms. The second kappa shape index (κ2) is 5.21. The highest BCUT2D eigenvalue weighted by atomic mass is 19.4. The van der Waals surface area contributed by atoms with Crippen LogP contribution in [0.5, 0.6) is 11.5 Å². The summed E-state index contributed by atoms with van der Waals surface area (Å²) in [5.74, 6) is 0.580. The topological polar surface area (TPSA) is 60.0 Å². The predicted molar refractivity (Wildman–Crippen MR) is 72.6 cm³/mol. The first kappa shape index (κ1) is 14.2. The number of pyridine rings is 1. The van der Waals surface area contributed by atoms with Crippen molar-refractivity contribution >= 4 is 11.0 Å². The molecule has 3 aromatic rings. The molecule has 0 unspecified atom stereocenters. The van der Waals surface area contributed by atoms with Gasteiger partial charge in [0.1, 0.15) is 17.2 Å². The quantitative estimate of drug-likeness (QED) is 0.804. The largest absolute Gasteiger partial charge is 0.573 e. The SMILES string of the molecule is COc1cccnc1-c1nc2cc(OC(F)(F)F)ccc2[nH]1. The lowest BCUT2D eigenvalue weighted by Crippen LogP contribution is -2.16. The maximum atomic E-state index is 12.2. The van der Waals surface area contributed by atoms with Crippen LogP contribution in [0.25, 0.3) is 22.6 Å². The number of aromatic amines is 1. The second-order valence-corrected chi connectivity index (χ2v) is 4.37. The van der Waals surface area contributed by atoms with Gasteiger partial charge in [-0.1, -0.05) is 0 Å². The third kappa shape index (κ3) is 2.80. The Morgan fingerprint density at radius 3 is 2.73 bits per heavy atom. The first-order chi connectivity index (χ1) is 10.5. The predicted octanol–water partition coefficient (Wildman–Crippen LogP) is 3.53. The number of hydrogen-bond acceptors (Lipinski definition) is 4. The Morgan fingerprint density at radius 2 is 2.00 bits per heavy atom. The standard InChI is InChI=1S/C14H10F3N3O2/c1-21-11-3-2-6-18-12(11)13-19-9-5-4-8(7-10(9)20-13)22-14(15,16)17/h2-7H,1H3,(H,19,20). The van der Waals surface area contributed by atoms with E-state index in [-0.39, 0.29) is 5.75 Å². The number of alkyl halides is 3. The zero-order valence-corrected chi connectivity index (χ0v) is 11.3. The Balaban J connectivity index is 2.03. The highest BCUT2D eigenvalue weighted by Gasteiger charge is 2.31. The smallest absolute Gasteiger partial charge is 0.494 e. The average Bonchev–Trinajstić information content (AvgIpc) is 2.88. The molecule has 0 saturated heterocycles. The molecule has 2 heterocycles. The van der Waals surface area contributed by atoms with E-state index in [4.69, 9.17) is 4.74 Å². The molecule has 0 bridgehead atoms. The Bertz CT molecular complexity index is 814. The van der Waals surface area contributed by atoms with Gasteiger partial charge in [-0.05, 0) is 24.3 Å². The number of H-pyrrole nitrogens is 1. The molecular formula is C14H10F3N3O2. The normalized spacial score (nSPS) is 11.6. The van der Waals surface area contributed by atoms with E-state index in [2.05, 4.69) is 19.7 Å². The summed E-state index contributed by atoms with van der Waals surface area (Å²) in [5.41, 5.74) is 1.38. The molecule has 114 valence electrons. The summed E-state index contributed by atoms with van der Waals surface area (Å²) >= 11 is 0. The van der Waals surface area contributed by atoms with Gasteiger partial charge in [0.05, 0.1) is 18.1 Å². The minimum atomic E-state index is -4.74. The molecule has 1 aromatic carbocycles. The molecule has 0 saturated carbocycles. The number of halogens is 3. The summed E-state index contributed by atoms with van der Waals surface area (Å²) in [5, 5.41) is 0. The van der Waals surface area contributed by atoms with E-state index in [9.17, 15) is 13.2 Å². The molecule has 0 aliphatic heterocycles. The van der Waals surface area contributed by atoms with Crippen LogP contribution in [0.2, 0.25) is 0 Å². The van der Waals surface area contributed by atoms with Gasteiger partial charge in [0, 0.05) is 12.3 Å². The molecular weight excluding hydrogens is 299 g/mol. The number of ether oxygens (including phenoxy) is 2. The van der Waals surface area contributed by atoms with E-state index in [1.165, 1.54) is 25.3 Å². The van der Waals surface area contributed by atoms with Gasteiger partial charge in [0.2, 0.25) is 0 Å². The van der Waals surface area contributed by atoms with Crippen molar-refractivity contribution in [2.24, 2.45) is 0 Å². The van der Waals surface area contributed by atoms with Crippen molar-refractivity contribution in [3.8, 4) is 23.0 Å². The van der Waals surface area contributed by atoms with Gasteiger partial charge in [0.25, 0.3) is 0 Å². The van der Waals surface area contributed by atoms with Crippen LogP contribution in [0.3, 0.4) is 0 Å². The number of aromatic nitrogens is 3. The van der Waals surface area contributed by atoms with Crippen LogP contribution in [0.4, 0.5) is 13.2 Å². The van der Waals surface area contributed by atoms with Crippen LogP contribution in [0.15, 0.2) is 36.5 Å². The number of imidazole rings is 1. The lowest BCUT2D eigenvalue weighted by Gasteiger charge is -2.07. The molecule has 22 heavy (non-hydrogen) atoms. The van der Waals surface area contributed by atoms with Gasteiger partial charge >= 0.3 is 6.36 Å². The fraction of sp³-hybridized carbons (Fsp3) is 0.143. The second-order valence-electron chi connectivity index (χ2n) is 4.37. The lowest BCUT2D eigenvalue weighted by molar-refractivity contribution is -0.274. The first-order valence-corrected chi connectivity index (χ1v) is 6.21. The van der Waals surface area contributed by atoms with Crippen LogP contribution in [-0.2, 0) is 0 Å². The van der Waals surface area contributed by atoms with Gasteiger partial charge in [-0.2, -0.15) is 0 Å². The monoisotopic (exact) mass is 309 g/mol. The fourth-order valence-electron chi connectivity index (χ4n) is 2.03. The average molecular weight is 309 g/mol. The van der Waals surface area contributed by atoms with E-state index >= 15 is 0 Å². The minimum absolute atomic E-state index is 0.328. The molecule has 0 aliphatic rings. The zero-order chi connectivity index (χ0) is 15.7. The van der Waals surface area contributed by atoms with Crippen molar-refractivity contribution in [1.82, 2.24) is 15.0 Å². The van der Waals surface area contributed by atoms with E-state index in [1.54, 1.807) is 18.3 Å². The molecule has 0 fully saturated rings. The van der Waals surface area contributed by atoms with Gasteiger partial charge in [-0.15, -0.1) is 13.2 Å². The number of methoxy groups -OCH3 is 1. The van der Waals surface area contributed by atoms with E-state index in [1.807, 2.05) is 0 Å². The van der Waals surface area contributed by atoms with Crippen LogP contribution in [0, 0.1) is 0 Å². The summed E-state index contributed by atoms with van der Waals surface area (Å²) in [6, 6.07) is 7.31. The van der Waals surface area contributed by atoms with Crippen molar-refractivity contribution in [3.63, 3.8) is 0 Å². The van der Waals surface area contributed by atoms with Gasteiger partial charge in [-0.25, -0.2) is 9.97 Å². The summed E-state index contributed by atoms with van der Waals surface area (Å²) < 4.78 is 45.8. The molecule has 0 radical (unpaired) electrons. The molecule has 3 rings (SSSR count). The molecule has 8 heteroatoms. The summed E-state index contributed by atoms with van der Waals surface area (Å²) in [6.07, 6.45) is -3.17. The molecule has 5 nitrogen and oxygen atoms in total. The third-order valence-corrected chi connectivity index (χ3v) is 2.90. The summed E-state index contributed by atoms with van der Waals surface area (Å²) in [4.78, 5) is 11.4. The minimum Gasteiger partial charge on any atom is -0.494 e. The Labute approximate surface area is 122 Å². The van der Waals surface area contributed by atoms with Gasteiger partial charge in [-0.3, -0.25) is 0 Å². The molecule has 0 atom stereocenters. The van der Waals surface area contributed by atoms with Gasteiger partial charge < -0.3 is 14.5 Å². The van der Waals surface area contributed by atoms with Crippen LogP contribution < -0.4 is 9.47 Å². The highest BCUT2D eigenvalue weighted by molar-refractivity contribution is 5.81. The molecule has 1 N–H and O–H groups in total. The number of rotatable bonds is 3. The molecule has 2 aromatic heterocycles. The Hall–Kier alpha value is -2.77. The molecule has 0 amide bonds. The van der Waals surface area contributed by atoms with Crippen molar-refractivity contribution < 1.29 is 22.6 Å². The lowest BCUT2D eigenvalue weighted by atomic mass is 10.3. The van der Waals surface area contributed by atoms with Crippen molar-refractivity contribution in [2.75, 3.05) is 7.11 Å². The van der Waals surface area contributed by atoms with E-state index < -0.39 is 6.36 Å². The van der Waals surface area contributed by atoms with E-state index in [0.717, 1.165) is 0 Å². The first-order valence-electron chi connectivity index (χ1n) is 6.21. The molecule has 0 aliphatic carbocycles. The maximum Gasteiger partial charge on any atom is 0.573 e. The fourth-order valence-corrected chi connectivity index (χ4v) is 2.03. The Morgan fingerprint density at radius 1 is 1.18 bits per heavy atom. The summed E-state index contributed by atoms with van der Waals surface area (Å²) in [6.45, 7) is 0. The third-order valence-electron chi connectivity index (χ3n) is 2.90. The summed E-state index contributed by atoms with van der Waals surface area (Å²) in [7, 11) is 1.50.